The summed E-state index contributed by atoms with van der Waals surface area (Å²) >= 11 is 0. The number of nitro benzene ring substituents is 1. The van der Waals surface area contributed by atoms with Crippen molar-refractivity contribution in [2.75, 3.05) is 6.79 Å². The van der Waals surface area contributed by atoms with E-state index in [9.17, 15) is 14.9 Å². The molecule has 2 aromatic carbocycles. The molecule has 0 N–H and O–H groups in total. The molecule has 2 aromatic rings. The van der Waals surface area contributed by atoms with Crippen molar-refractivity contribution in [2.45, 2.75) is 26.3 Å². The highest BCUT2D eigenvalue weighted by Crippen LogP contribution is 2.37. The number of carbonyl (C=O) groups excluding carboxylic acids is 1. The van der Waals surface area contributed by atoms with E-state index in [-0.39, 0.29) is 24.4 Å². The topological polar surface area (TPSA) is 94.3 Å². The number of hydrogen-bond donors (Lipinski definition) is 0. The Labute approximate surface area is 155 Å². The van der Waals surface area contributed by atoms with Gasteiger partial charge in [-0.25, -0.2) is 5.01 Å². The second kappa shape index (κ2) is 6.39. The first-order chi connectivity index (χ1) is 12.9. The van der Waals surface area contributed by atoms with Crippen molar-refractivity contribution < 1.29 is 19.2 Å². The molecule has 2 aliphatic heterocycles. The molecule has 0 spiro atoms. The predicted octanol–water partition coefficient (Wildman–Crippen LogP) is 2.87. The van der Waals surface area contributed by atoms with Crippen molar-refractivity contribution in [3.05, 3.63) is 63.2 Å². The van der Waals surface area contributed by atoms with Gasteiger partial charge in [0.05, 0.1) is 16.7 Å². The summed E-state index contributed by atoms with van der Waals surface area (Å²) in [6.45, 7) is 3.56. The van der Waals surface area contributed by atoms with Crippen LogP contribution in [0.3, 0.4) is 0 Å². The molecule has 138 valence electrons. The first kappa shape index (κ1) is 17.0. The number of non-ortho nitro benzene ring substituents is 1. The van der Waals surface area contributed by atoms with E-state index in [2.05, 4.69) is 5.10 Å². The van der Waals surface area contributed by atoms with E-state index in [0.29, 0.717) is 29.2 Å². The number of hydrazone groups is 1. The highest BCUT2D eigenvalue weighted by Gasteiger charge is 2.28. The molecular formula is C19H17N3O5. The van der Waals surface area contributed by atoms with Gasteiger partial charge in [0.2, 0.25) is 12.7 Å². The van der Waals surface area contributed by atoms with E-state index in [1.165, 1.54) is 24.1 Å². The lowest BCUT2D eigenvalue weighted by Crippen LogP contribution is -2.33. The van der Waals surface area contributed by atoms with Crippen LogP contribution in [0, 0.1) is 10.1 Å². The third kappa shape index (κ3) is 2.99. The van der Waals surface area contributed by atoms with Crippen LogP contribution in [-0.2, 0) is 11.2 Å². The van der Waals surface area contributed by atoms with Crippen molar-refractivity contribution in [3.8, 4) is 11.5 Å². The smallest absolute Gasteiger partial charge is 0.269 e. The maximum Gasteiger partial charge on any atom is 0.269 e. The van der Waals surface area contributed by atoms with Gasteiger partial charge in [0.1, 0.15) is 0 Å². The van der Waals surface area contributed by atoms with Crippen molar-refractivity contribution in [1.82, 2.24) is 5.01 Å². The fraction of sp³-hybridized carbons (Fsp3) is 0.263. The van der Waals surface area contributed by atoms with Crippen LogP contribution in [0.25, 0.3) is 0 Å². The molecule has 4 rings (SSSR count). The summed E-state index contributed by atoms with van der Waals surface area (Å²) in [6.07, 6.45) is 0.603. The Hall–Kier alpha value is -3.42. The fourth-order valence-electron chi connectivity index (χ4n) is 3.37. The number of hydrogen-bond acceptors (Lipinski definition) is 6. The van der Waals surface area contributed by atoms with Gasteiger partial charge in [-0.1, -0.05) is 0 Å². The van der Waals surface area contributed by atoms with Gasteiger partial charge in [-0.05, 0) is 43.2 Å². The SMILES string of the molecule is CC(=O)N1N=C(c2ccc([N+](=O)[O-])cc2)c2cc3c(cc2C[C@H]1C)OCO3. The maximum atomic E-state index is 12.1. The average molecular weight is 367 g/mol. The van der Waals surface area contributed by atoms with Crippen LogP contribution in [0.4, 0.5) is 5.69 Å². The van der Waals surface area contributed by atoms with Gasteiger partial charge in [-0.15, -0.1) is 0 Å². The Kier molecular flexibility index (Phi) is 4.02. The third-order valence-electron chi connectivity index (χ3n) is 4.67. The highest BCUT2D eigenvalue weighted by atomic mass is 16.7. The maximum absolute atomic E-state index is 12.1. The summed E-state index contributed by atoms with van der Waals surface area (Å²) in [6, 6.07) is 9.76. The number of nitrogens with zero attached hydrogens (tertiary/aromatic N) is 3. The largest absolute Gasteiger partial charge is 0.454 e. The molecule has 0 fully saturated rings. The molecule has 8 nitrogen and oxygen atoms in total. The lowest BCUT2D eigenvalue weighted by Gasteiger charge is -2.21. The molecule has 0 saturated heterocycles. The minimum Gasteiger partial charge on any atom is -0.454 e. The van der Waals surface area contributed by atoms with Crippen LogP contribution in [0.15, 0.2) is 41.5 Å². The third-order valence-corrected chi connectivity index (χ3v) is 4.67. The zero-order valence-electron chi connectivity index (χ0n) is 14.8. The van der Waals surface area contributed by atoms with Crippen molar-refractivity contribution in [1.29, 1.82) is 0 Å². The summed E-state index contributed by atoms with van der Waals surface area (Å²) < 4.78 is 11.0. The van der Waals surface area contributed by atoms with Gasteiger partial charge in [0.15, 0.2) is 11.5 Å². The molecule has 0 aliphatic carbocycles. The molecule has 1 amide bonds. The first-order valence-corrected chi connectivity index (χ1v) is 8.50. The Morgan fingerprint density at radius 1 is 1.22 bits per heavy atom. The van der Waals surface area contributed by atoms with E-state index in [1.54, 1.807) is 12.1 Å². The lowest BCUT2D eigenvalue weighted by molar-refractivity contribution is -0.384. The van der Waals surface area contributed by atoms with Gasteiger partial charge >= 0.3 is 0 Å². The van der Waals surface area contributed by atoms with Crippen LogP contribution in [0.2, 0.25) is 0 Å². The molecule has 8 heteroatoms. The Morgan fingerprint density at radius 2 is 1.89 bits per heavy atom. The predicted molar refractivity (Wildman–Crippen MR) is 97.0 cm³/mol. The molecule has 0 aromatic heterocycles. The Morgan fingerprint density at radius 3 is 2.52 bits per heavy atom. The number of nitro groups is 1. The number of rotatable bonds is 2. The number of ether oxygens (including phenoxy) is 2. The molecule has 0 unspecified atom stereocenters. The number of amides is 1. The van der Waals surface area contributed by atoms with Crippen molar-refractivity contribution in [3.63, 3.8) is 0 Å². The average Bonchev–Trinajstić information content (AvgIpc) is 3.03. The molecule has 1 atom stereocenters. The monoisotopic (exact) mass is 367 g/mol. The van der Waals surface area contributed by atoms with Crippen LogP contribution in [0.5, 0.6) is 11.5 Å². The number of benzene rings is 2. The number of fused-ring (bicyclic) bond motifs is 2. The van der Waals surface area contributed by atoms with Crippen LogP contribution < -0.4 is 9.47 Å². The van der Waals surface area contributed by atoms with E-state index in [4.69, 9.17) is 9.47 Å². The summed E-state index contributed by atoms with van der Waals surface area (Å²) in [5.41, 5.74) is 3.05. The molecule has 0 saturated carbocycles. The zero-order chi connectivity index (χ0) is 19.1. The van der Waals surface area contributed by atoms with Gasteiger partial charge in [0.25, 0.3) is 5.69 Å². The van der Waals surface area contributed by atoms with E-state index in [0.717, 1.165) is 11.1 Å². The van der Waals surface area contributed by atoms with Gasteiger partial charge in [-0.3, -0.25) is 14.9 Å². The normalized spacial score (nSPS) is 17.8. The molecule has 2 aliphatic rings. The summed E-state index contributed by atoms with van der Waals surface area (Å²) in [5.74, 6) is 1.11. The van der Waals surface area contributed by atoms with Gasteiger partial charge in [0, 0.05) is 30.2 Å². The van der Waals surface area contributed by atoms with Crippen molar-refractivity contribution >= 4 is 17.3 Å². The second-order valence-electron chi connectivity index (χ2n) is 6.53. The lowest BCUT2D eigenvalue weighted by atomic mass is 9.94. The van der Waals surface area contributed by atoms with Crippen LogP contribution >= 0.6 is 0 Å². The standard InChI is InChI=1S/C19H17N3O5/c1-11-7-14-8-17-18(27-10-26-17)9-16(14)19(20-21(11)12(2)23)13-3-5-15(6-4-13)22(24)25/h3-6,8-9,11H,7,10H2,1-2H3/t11-/m1/s1. The van der Waals surface area contributed by atoms with Crippen LogP contribution in [-0.4, -0.2) is 34.4 Å². The fourth-order valence-corrected chi connectivity index (χ4v) is 3.37. The quantitative estimate of drug-likeness (QED) is 0.601. The highest BCUT2D eigenvalue weighted by molar-refractivity contribution is 6.14. The molecule has 0 bridgehead atoms. The minimum absolute atomic E-state index is 0.00401. The Bertz CT molecular complexity index is 968. The van der Waals surface area contributed by atoms with Crippen LogP contribution in [0.1, 0.15) is 30.5 Å². The molecule has 27 heavy (non-hydrogen) atoms. The van der Waals surface area contributed by atoms with E-state index < -0.39 is 4.92 Å². The summed E-state index contributed by atoms with van der Waals surface area (Å²) in [7, 11) is 0. The molecular weight excluding hydrogens is 350 g/mol. The summed E-state index contributed by atoms with van der Waals surface area (Å²) in [4.78, 5) is 22.6. The van der Waals surface area contributed by atoms with Gasteiger partial charge < -0.3 is 9.47 Å². The first-order valence-electron chi connectivity index (χ1n) is 8.50. The zero-order valence-corrected chi connectivity index (χ0v) is 14.8. The Balaban J connectivity index is 1.89. The molecule has 0 radical (unpaired) electrons. The van der Waals surface area contributed by atoms with E-state index >= 15 is 0 Å². The molecule has 2 heterocycles. The number of carbonyl (C=O) groups is 1. The minimum atomic E-state index is -0.450. The second-order valence-corrected chi connectivity index (χ2v) is 6.53. The van der Waals surface area contributed by atoms with Gasteiger partial charge in [-0.2, -0.15) is 5.10 Å². The van der Waals surface area contributed by atoms with Crippen molar-refractivity contribution in [2.24, 2.45) is 5.10 Å². The van der Waals surface area contributed by atoms with E-state index in [1.807, 2.05) is 19.1 Å². The summed E-state index contributed by atoms with van der Waals surface area (Å²) in [5, 5.41) is 17.0.